The molecule has 1 aromatic heterocycles. The largest absolute Gasteiger partial charge is 0.487 e. The van der Waals surface area contributed by atoms with Gasteiger partial charge in [0.1, 0.15) is 12.4 Å². The van der Waals surface area contributed by atoms with Gasteiger partial charge in [-0.3, -0.25) is 9.88 Å². The van der Waals surface area contributed by atoms with Crippen molar-refractivity contribution in [2.24, 2.45) is 0 Å². The lowest BCUT2D eigenvalue weighted by atomic mass is 9.84. The quantitative estimate of drug-likeness (QED) is 0.567. The zero-order valence-electron chi connectivity index (χ0n) is 18.7. The Labute approximate surface area is 199 Å². The van der Waals surface area contributed by atoms with Gasteiger partial charge in [-0.2, -0.15) is 0 Å². The fourth-order valence-electron chi connectivity index (χ4n) is 4.71. The first-order valence-electron chi connectivity index (χ1n) is 11.4. The first-order chi connectivity index (χ1) is 16.1. The molecule has 0 aliphatic carbocycles. The van der Waals surface area contributed by atoms with Gasteiger partial charge in [-0.05, 0) is 60.4 Å². The molecule has 0 bridgehead atoms. The number of likely N-dealkylation sites (tertiary alicyclic amines) is 1. The average Bonchev–Trinajstić information content (AvgIpc) is 3.00. The van der Waals surface area contributed by atoms with Gasteiger partial charge in [-0.25, -0.2) is 0 Å². The molecule has 0 spiro atoms. The van der Waals surface area contributed by atoms with E-state index < -0.39 is 5.60 Å². The van der Waals surface area contributed by atoms with Gasteiger partial charge in [-0.15, -0.1) is 0 Å². The van der Waals surface area contributed by atoms with Gasteiger partial charge in [0.05, 0.1) is 11.3 Å². The van der Waals surface area contributed by atoms with E-state index in [0.717, 1.165) is 59.0 Å². The van der Waals surface area contributed by atoms with E-state index in [-0.39, 0.29) is 0 Å². The maximum Gasteiger partial charge on any atom is 0.131 e. The number of aliphatic hydroxyl groups is 1. The van der Waals surface area contributed by atoms with Crippen LogP contribution in [0.3, 0.4) is 0 Å². The van der Waals surface area contributed by atoms with Crippen LogP contribution in [-0.2, 0) is 12.2 Å². The third-order valence-corrected chi connectivity index (χ3v) is 6.97. The number of nitrogens with one attached hydrogen (secondary N) is 1. The van der Waals surface area contributed by atoms with E-state index in [9.17, 15) is 5.11 Å². The lowest BCUT2D eigenvalue weighted by Crippen LogP contribution is -2.42. The van der Waals surface area contributed by atoms with Crippen LogP contribution in [0.2, 0.25) is 5.02 Å². The van der Waals surface area contributed by atoms with E-state index in [1.54, 1.807) is 0 Å². The molecule has 3 heterocycles. The molecule has 5 rings (SSSR count). The first kappa shape index (κ1) is 22.0. The van der Waals surface area contributed by atoms with E-state index in [0.29, 0.717) is 24.5 Å². The average molecular weight is 462 g/mol. The van der Waals surface area contributed by atoms with Crippen molar-refractivity contribution in [1.82, 2.24) is 9.88 Å². The fourth-order valence-corrected chi connectivity index (χ4v) is 4.83. The molecule has 3 aromatic rings. The number of halogens is 1. The second-order valence-corrected chi connectivity index (χ2v) is 9.14. The van der Waals surface area contributed by atoms with Gasteiger partial charge >= 0.3 is 0 Å². The predicted octanol–water partition coefficient (Wildman–Crippen LogP) is 5.08. The zero-order valence-corrected chi connectivity index (χ0v) is 19.5. The Kier molecular flexibility index (Phi) is 6.11. The minimum Gasteiger partial charge on any atom is -0.487 e. The van der Waals surface area contributed by atoms with E-state index in [1.165, 1.54) is 0 Å². The number of ether oxygens (including phenoxy) is 1. The summed E-state index contributed by atoms with van der Waals surface area (Å²) in [4.78, 5) is 6.96. The number of aromatic nitrogens is 1. The van der Waals surface area contributed by atoms with Gasteiger partial charge in [0.25, 0.3) is 0 Å². The van der Waals surface area contributed by atoms with Crippen LogP contribution in [0.25, 0.3) is 5.57 Å². The third-order valence-electron chi connectivity index (χ3n) is 6.72. The molecular formula is C27H28ClN3O2. The summed E-state index contributed by atoms with van der Waals surface area (Å²) < 4.78 is 6.09. The lowest BCUT2D eigenvalue weighted by Gasteiger charge is -2.38. The normalized spacial score (nSPS) is 18.7. The summed E-state index contributed by atoms with van der Waals surface area (Å²) in [6.45, 7) is 2.90. The van der Waals surface area contributed by atoms with Gasteiger partial charge in [0.15, 0.2) is 0 Å². The van der Waals surface area contributed by atoms with Crippen molar-refractivity contribution in [3.63, 3.8) is 0 Å². The van der Waals surface area contributed by atoms with Crippen LogP contribution in [0.1, 0.15) is 35.2 Å². The number of fused-ring (bicyclic) bond motifs is 2. The van der Waals surface area contributed by atoms with E-state index >= 15 is 0 Å². The van der Waals surface area contributed by atoms with Crippen LogP contribution in [0, 0.1) is 0 Å². The lowest BCUT2D eigenvalue weighted by molar-refractivity contribution is -0.0233. The van der Waals surface area contributed by atoms with Crippen molar-refractivity contribution in [3.8, 4) is 5.75 Å². The van der Waals surface area contributed by atoms with Gasteiger partial charge in [0.2, 0.25) is 0 Å². The van der Waals surface area contributed by atoms with Crippen LogP contribution >= 0.6 is 11.6 Å². The Morgan fingerprint density at radius 3 is 2.67 bits per heavy atom. The highest BCUT2D eigenvalue weighted by atomic mass is 35.5. The second-order valence-electron chi connectivity index (χ2n) is 8.70. The van der Waals surface area contributed by atoms with Gasteiger partial charge in [0, 0.05) is 54.7 Å². The zero-order chi connectivity index (χ0) is 22.8. The molecule has 33 heavy (non-hydrogen) atoms. The molecule has 170 valence electrons. The number of benzene rings is 2. The molecule has 5 nitrogen and oxygen atoms in total. The maximum atomic E-state index is 11.2. The van der Waals surface area contributed by atoms with Crippen molar-refractivity contribution in [1.29, 1.82) is 0 Å². The van der Waals surface area contributed by atoms with Crippen LogP contribution in [-0.4, -0.2) is 41.7 Å². The fraction of sp³-hybridized carbons (Fsp3) is 0.296. The Hall–Kier alpha value is -2.86. The van der Waals surface area contributed by atoms with Crippen molar-refractivity contribution in [2.45, 2.75) is 25.0 Å². The van der Waals surface area contributed by atoms with Crippen molar-refractivity contribution in [2.75, 3.05) is 32.0 Å². The van der Waals surface area contributed by atoms with E-state index in [4.69, 9.17) is 16.3 Å². The monoisotopic (exact) mass is 461 g/mol. The Balaban J connectivity index is 1.39. The Morgan fingerprint density at radius 2 is 1.91 bits per heavy atom. The summed E-state index contributed by atoms with van der Waals surface area (Å²) in [6.07, 6.45) is 5.48. The van der Waals surface area contributed by atoms with Gasteiger partial charge < -0.3 is 15.2 Å². The maximum absolute atomic E-state index is 11.2. The molecule has 0 radical (unpaired) electrons. The smallest absolute Gasteiger partial charge is 0.131 e. The number of pyridine rings is 1. The number of hydrogen-bond acceptors (Lipinski definition) is 5. The van der Waals surface area contributed by atoms with Crippen molar-refractivity contribution in [3.05, 3.63) is 94.3 Å². The highest BCUT2D eigenvalue weighted by molar-refractivity contribution is 6.30. The van der Waals surface area contributed by atoms with Crippen LogP contribution < -0.4 is 10.1 Å². The number of piperidine rings is 1. The summed E-state index contributed by atoms with van der Waals surface area (Å²) in [6, 6.07) is 17.9. The summed E-state index contributed by atoms with van der Waals surface area (Å²) >= 11 is 6.02. The molecular weight excluding hydrogens is 434 g/mol. The van der Waals surface area contributed by atoms with Crippen molar-refractivity contribution >= 4 is 22.9 Å². The molecule has 0 unspecified atom stereocenters. The number of nitrogens with zero attached hydrogens (tertiary/aromatic N) is 2. The highest BCUT2D eigenvalue weighted by Gasteiger charge is 2.33. The predicted molar refractivity (Wildman–Crippen MR) is 133 cm³/mol. The molecule has 6 heteroatoms. The molecule has 2 N–H and O–H groups in total. The van der Waals surface area contributed by atoms with Crippen LogP contribution in [0.15, 0.2) is 66.9 Å². The standard InChI is InChI=1S/C27H28ClN3O2/c1-29-21-8-9-26-24(17-21)22(23-3-2-13-30-25(23)18-33-26)10-14-31-15-11-27(32,12-16-31)19-4-6-20(28)7-5-19/h2-10,13,17,29,32H,11-12,14-16,18H2,1H3. The molecule has 2 aromatic carbocycles. The van der Waals surface area contributed by atoms with E-state index in [2.05, 4.69) is 33.4 Å². The minimum absolute atomic E-state index is 0.456. The molecule has 2 aliphatic rings. The molecule has 1 fully saturated rings. The van der Waals surface area contributed by atoms with Crippen LogP contribution in [0.4, 0.5) is 5.69 Å². The summed E-state index contributed by atoms with van der Waals surface area (Å²) in [5, 5.41) is 15.1. The Bertz CT molecular complexity index is 1170. The highest BCUT2D eigenvalue weighted by Crippen LogP contribution is 2.38. The molecule has 0 atom stereocenters. The molecule has 2 aliphatic heterocycles. The molecule has 0 saturated carbocycles. The summed E-state index contributed by atoms with van der Waals surface area (Å²) in [7, 11) is 1.92. The molecule has 1 saturated heterocycles. The topological polar surface area (TPSA) is 57.6 Å². The summed E-state index contributed by atoms with van der Waals surface area (Å²) in [5.74, 6) is 0.869. The number of anilines is 1. The SMILES string of the molecule is CNc1ccc2c(c1)C(=CCN1CCC(O)(c3ccc(Cl)cc3)CC1)c1cccnc1CO2. The van der Waals surface area contributed by atoms with Crippen molar-refractivity contribution < 1.29 is 9.84 Å². The van der Waals surface area contributed by atoms with Crippen LogP contribution in [0.5, 0.6) is 5.75 Å². The minimum atomic E-state index is -0.796. The number of hydrogen-bond donors (Lipinski definition) is 2. The van der Waals surface area contributed by atoms with E-state index in [1.807, 2.05) is 55.7 Å². The molecule has 0 amide bonds. The third kappa shape index (κ3) is 4.49. The second kappa shape index (κ2) is 9.18. The van der Waals surface area contributed by atoms with Gasteiger partial charge in [-0.1, -0.05) is 35.9 Å². The number of rotatable bonds is 4. The summed E-state index contributed by atoms with van der Waals surface area (Å²) in [5.41, 5.74) is 5.46. The first-order valence-corrected chi connectivity index (χ1v) is 11.7. The Morgan fingerprint density at radius 1 is 1.12 bits per heavy atom.